The van der Waals surface area contributed by atoms with Gasteiger partial charge in [0.15, 0.2) is 0 Å². The summed E-state index contributed by atoms with van der Waals surface area (Å²) in [5, 5.41) is 6.82. The summed E-state index contributed by atoms with van der Waals surface area (Å²) in [7, 11) is 0. The van der Waals surface area contributed by atoms with Crippen LogP contribution in [0.5, 0.6) is 0 Å². The fourth-order valence-corrected chi connectivity index (χ4v) is 24.6. The van der Waals surface area contributed by atoms with Gasteiger partial charge in [-0.2, -0.15) is 148 Å². The Kier molecular flexibility index (Phi) is 41.4. The summed E-state index contributed by atoms with van der Waals surface area (Å²) in [4.78, 5) is 0. The van der Waals surface area contributed by atoms with Gasteiger partial charge in [-0.05, 0) is 0 Å². The van der Waals surface area contributed by atoms with Gasteiger partial charge in [0.25, 0.3) is 0 Å². The molecule has 0 N–H and O–H groups in total. The SMILES string of the molecule is SCSC(CSCC(CSCC(SCS)SCS)(CSCC(SCS)SCS)CSCC(SCS)SCS)SCS. The molecule has 0 spiro atoms. The molecule has 20 heteroatoms. The van der Waals surface area contributed by atoms with Crippen LogP contribution in [0.4, 0.5) is 0 Å². The average molecular weight is 938 g/mol. The van der Waals surface area contributed by atoms with Crippen LogP contribution in [0.3, 0.4) is 0 Å². The first-order chi connectivity index (χ1) is 20.0. The van der Waals surface area contributed by atoms with Gasteiger partial charge in [0.1, 0.15) is 0 Å². The van der Waals surface area contributed by atoms with Gasteiger partial charge in [0.2, 0.25) is 0 Å². The van der Waals surface area contributed by atoms with Gasteiger partial charge in [-0.1, -0.05) is 0 Å². The van der Waals surface area contributed by atoms with Gasteiger partial charge in [-0.15, -0.1) is 94.1 Å². The van der Waals surface area contributed by atoms with Crippen LogP contribution in [0.15, 0.2) is 0 Å². The summed E-state index contributed by atoms with van der Waals surface area (Å²) < 4.78 is 2.15. The molecule has 41 heavy (non-hydrogen) atoms. The van der Waals surface area contributed by atoms with E-state index < -0.39 is 0 Å². The van der Waals surface area contributed by atoms with Crippen LogP contribution in [0.1, 0.15) is 0 Å². The topological polar surface area (TPSA) is 0 Å². The molecule has 0 amide bonds. The molecule has 0 aromatic heterocycles. The molecule has 0 aliphatic carbocycles. The van der Waals surface area contributed by atoms with E-state index in [9.17, 15) is 0 Å². The molecule has 0 atom stereocenters. The van der Waals surface area contributed by atoms with Crippen molar-refractivity contribution in [2.24, 2.45) is 5.41 Å². The van der Waals surface area contributed by atoms with E-state index in [0.717, 1.165) is 63.7 Å². The van der Waals surface area contributed by atoms with Gasteiger partial charge in [-0.25, -0.2) is 0 Å². The van der Waals surface area contributed by atoms with E-state index in [1.54, 1.807) is 0 Å². The highest BCUT2D eigenvalue weighted by molar-refractivity contribution is 8.26. The summed E-state index contributed by atoms with van der Waals surface area (Å²) in [6, 6.07) is 0. The second kappa shape index (κ2) is 35.4. The number of thioether (sulfide) groups is 12. The maximum atomic E-state index is 4.49. The van der Waals surface area contributed by atoms with Crippen molar-refractivity contribution < 1.29 is 0 Å². The van der Waals surface area contributed by atoms with E-state index in [0.29, 0.717) is 18.3 Å². The molecule has 0 saturated heterocycles. The zero-order valence-electron chi connectivity index (χ0n) is 22.6. The van der Waals surface area contributed by atoms with Crippen molar-refractivity contribution in [2.45, 2.75) is 18.3 Å². The molecule has 0 saturated carbocycles. The van der Waals surface area contributed by atoms with E-state index in [2.05, 4.69) is 148 Å². The minimum absolute atomic E-state index is 0.248. The Morgan fingerprint density at radius 1 is 0.317 bits per heavy atom. The van der Waals surface area contributed by atoms with Gasteiger partial charge in [-0.3, -0.25) is 0 Å². The second-order valence-electron chi connectivity index (χ2n) is 7.64. The Bertz CT molecular complexity index is 430. The van der Waals surface area contributed by atoms with Crippen LogP contribution >= 0.6 is 242 Å². The van der Waals surface area contributed by atoms with Crippen LogP contribution in [-0.4, -0.2) is 105 Å². The van der Waals surface area contributed by atoms with Crippen LogP contribution in [0, 0.1) is 5.41 Å². The predicted octanol–water partition coefficient (Wildman–Crippen LogP) is 11.2. The van der Waals surface area contributed by atoms with E-state index in [-0.39, 0.29) is 5.41 Å². The highest BCUT2D eigenvalue weighted by Crippen LogP contribution is 2.41. The quantitative estimate of drug-likeness (QED) is 0.0239. The maximum absolute atomic E-state index is 4.49. The molecule has 0 aliphatic rings. The number of hydrogen-bond acceptors (Lipinski definition) is 20. The number of thiol groups is 8. The van der Waals surface area contributed by atoms with Gasteiger partial charge >= 0.3 is 0 Å². The van der Waals surface area contributed by atoms with Crippen molar-refractivity contribution in [3.05, 3.63) is 0 Å². The zero-order valence-corrected chi connectivity index (χ0v) is 39.6. The summed E-state index contributed by atoms with van der Waals surface area (Å²) in [5.41, 5.74) is 0.248. The fraction of sp³-hybridized carbons (Fsp3) is 1.00. The highest BCUT2D eigenvalue weighted by atomic mass is 32.3. The Hall–Kier alpha value is 7.00. The van der Waals surface area contributed by atoms with Gasteiger partial charge < -0.3 is 0 Å². The van der Waals surface area contributed by atoms with Crippen molar-refractivity contribution in [2.75, 3.05) is 86.7 Å². The van der Waals surface area contributed by atoms with Crippen molar-refractivity contribution >= 4 is 242 Å². The smallest absolute Gasteiger partial charge is 0.0609 e. The Labute approximate surface area is 347 Å². The molecule has 0 radical (unpaired) electrons. The standard InChI is InChI=1S/C21H44S20/c22-9-34-17(35-10-23)1-30-5-21(6-31-2-18(36-11-24)37-12-25,7-32-3-19(38-13-26)39-14-27)8-33-4-20(40-15-28)41-16-29/h17-20,22-29H,1-16H2. The molecule has 248 valence electrons. The molecule has 0 aliphatic heterocycles. The van der Waals surface area contributed by atoms with Crippen LogP contribution in [0.2, 0.25) is 0 Å². The average Bonchev–Trinajstić information content (AvgIpc) is 2.94. The molecule has 0 heterocycles. The first-order valence-electron chi connectivity index (χ1n) is 12.1. The predicted molar refractivity (Wildman–Crippen MR) is 258 cm³/mol. The monoisotopic (exact) mass is 936 g/mol. The summed E-state index contributed by atoms with van der Waals surface area (Å²) >= 11 is 59.9. The Morgan fingerprint density at radius 3 is 0.634 bits per heavy atom. The van der Waals surface area contributed by atoms with Crippen LogP contribution < -0.4 is 0 Å². The van der Waals surface area contributed by atoms with E-state index in [1.165, 1.54) is 23.0 Å². The lowest BCUT2D eigenvalue weighted by Gasteiger charge is -2.35. The van der Waals surface area contributed by atoms with Gasteiger partial charge in [0, 0.05) is 92.1 Å². The molecule has 0 rings (SSSR count). The normalized spacial score (nSPS) is 12.6. The van der Waals surface area contributed by atoms with Crippen molar-refractivity contribution in [1.29, 1.82) is 0 Å². The number of rotatable bonds is 32. The third-order valence-corrected chi connectivity index (χ3v) is 24.3. The molecule has 0 aromatic carbocycles. The number of hydrogen-bond donors (Lipinski definition) is 8. The van der Waals surface area contributed by atoms with Crippen LogP contribution in [0.25, 0.3) is 0 Å². The van der Waals surface area contributed by atoms with Crippen molar-refractivity contribution in [3.8, 4) is 0 Å². The Balaban J connectivity index is 5.73. The summed E-state index contributed by atoms with van der Waals surface area (Å²) in [6.45, 7) is 0. The molecular formula is C21H44S20. The molecule has 0 aromatic rings. The van der Waals surface area contributed by atoms with Crippen LogP contribution in [-0.2, 0) is 0 Å². The van der Waals surface area contributed by atoms with E-state index in [4.69, 9.17) is 0 Å². The first kappa shape index (κ1) is 48.0. The lowest BCUT2D eigenvalue weighted by atomic mass is 9.99. The van der Waals surface area contributed by atoms with Crippen molar-refractivity contribution in [1.82, 2.24) is 0 Å². The minimum atomic E-state index is 0.248. The minimum Gasteiger partial charge on any atom is -0.168 e. The fourth-order valence-electron chi connectivity index (χ4n) is 2.98. The largest absolute Gasteiger partial charge is 0.168 e. The maximum Gasteiger partial charge on any atom is 0.0609 e. The molecule has 0 unspecified atom stereocenters. The molecule has 0 fully saturated rings. The molecule has 0 nitrogen and oxygen atoms in total. The second-order valence-corrected chi connectivity index (χ2v) is 28.4. The Morgan fingerprint density at radius 2 is 0.488 bits per heavy atom. The summed E-state index contributed by atoms with van der Waals surface area (Å²) in [6.07, 6.45) is 0. The van der Waals surface area contributed by atoms with E-state index >= 15 is 0 Å². The third kappa shape index (κ3) is 27.3. The van der Waals surface area contributed by atoms with Gasteiger partial charge in [0.05, 0.1) is 18.3 Å². The lowest BCUT2D eigenvalue weighted by Crippen LogP contribution is -2.35. The van der Waals surface area contributed by atoms with E-state index in [1.807, 2.05) is 94.1 Å². The zero-order chi connectivity index (χ0) is 30.6. The third-order valence-electron chi connectivity index (χ3n) is 4.73. The lowest BCUT2D eigenvalue weighted by molar-refractivity contribution is 0.516. The highest BCUT2D eigenvalue weighted by Gasteiger charge is 2.32. The first-order valence-corrected chi connectivity index (χ1v) is 30.1. The molecular weight excluding hydrogens is 894 g/mol. The summed E-state index contributed by atoms with van der Waals surface area (Å²) in [5.74, 6) is 9.23. The van der Waals surface area contributed by atoms with Crippen molar-refractivity contribution in [3.63, 3.8) is 0 Å². The molecule has 0 bridgehead atoms.